The molecule has 0 aromatic rings. The van der Waals surface area contributed by atoms with Crippen molar-refractivity contribution in [3.63, 3.8) is 0 Å². The zero-order valence-corrected chi connectivity index (χ0v) is 10.5. The Kier molecular flexibility index (Phi) is 4.14. The van der Waals surface area contributed by atoms with Gasteiger partial charge in [-0.15, -0.1) is 0 Å². The van der Waals surface area contributed by atoms with E-state index < -0.39 is 0 Å². The summed E-state index contributed by atoms with van der Waals surface area (Å²) in [5, 5.41) is 3.15. The van der Waals surface area contributed by atoms with E-state index in [0.29, 0.717) is 11.8 Å². The fourth-order valence-corrected chi connectivity index (χ4v) is 2.44. The van der Waals surface area contributed by atoms with Crippen molar-refractivity contribution in [2.24, 2.45) is 11.3 Å². The normalized spacial score (nSPS) is 18.7. The van der Waals surface area contributed by atoms with Gasteiger partial charge in [0.15, 0.2) is 0 Å². The average molecular weight is 212 g/mol. The number of nitrogens with one attached hydrogen (secondary N) is 1. The van der Waals surface area contributed by atoms with Crippen LogP contribution in [0.5, 0.6) is 0 Å². The molecule has 1 amide bonds. The molecule has 3 heteroatoms. The second kappa shape index (κ2) is 4.97. The van der Waals surface area contributed by atoms with Crippen LogP contribution in [-0.2, 0) is 4.79 Å². The lowest BCUT2D eigenvalue weighted by molar-refractivity contribution is -0.146. The minimum absolute atomic E-state index is 0.0849. The first-order valence-corrected chi connectivity index (χ1v) is 5.92. The highest BCUT2D eigenvalue weighted by Crippen LogP contribution is 2.41. The molecule has 0 spiro atoms. The smallest absolute Gasteiger partial charge is 0.229 e. The molecular formula is C12H24N2O. The summed E-state index contributed by atoms with van der Waals surface area (Å²) >= 11 is 0. The van der Waals surface area contributed by atoms with Gasteiger partial charge in [0.2, 0.25) is 5.91 Å². The van der Waals surface area contributed by atoms with Gasteiger partial charge in [0.1, 0.15) is 0 Å². The van der Waals surface area contributed by atoms with E-state index in [2.05, 4.69) is 19.2 Å². The molecule has 0 bridgehead atoms. The van der Waals surface area contributed by atoms with Crippen molar-refractivity contribution < 1.29 is 4.79 Å². The van der Waals surface area contributed by atoms with Crippen molar-refractivity contribution >= 4 is 5.91 Å². The molecule has 0 saturated heterocycles. The maximum atomic E-state index is 12.3. The van der Waals surface area contributed by atoms with Gasteiger partial charge >= 0.3 is 0 Å². The first-order valence-electron chi connectivity index (χ1n) is 5.92. The molecule has 3 nitrogen and oxygen atoms in total. The van der Waals surface area contributed by atoms with E-state index in [0.717, 1.165) is 25.9 Å². The van der Waals surface area contributed by atoms with E-state index in [4.69, 9.17) is 0 Å². The van der Waals surface area contributed by atoms with Crippen LogP contribution in [-0.4, -0.2) is 38.0 Å². The Bertz CT molecular complexity index is 222. The number of carbonyl (C=O) groups excluding carboxylic acids is 1. The van der Waals surface area contributed by atoms with E-state index >= 15 is 0 Å². The van der Waals surface area contributed by atoms with E-state index in [1.807, 2.05) is 19.0 Å². The molecule has 0 aromatic carbocycles. The summed E-state index contributed by atoms with van der Waals surface area (Å²) in [6.07, 6.45) is 3.30. The van der Waals surface area contributed by atoms with Crippen LogP contribution in [0.2, 0.25) is 0 Å². The number of rotatable bonds is 5. The highest BCUT2D eigenvalue weighted by atomic mass is 16.2. The summed E-state index contributed by atoms with van der Waals surface area (Å²) in [5.41, 5.74) is -0.0849. The van der Waals surface area contributed by atoms with Crippen LogP contribution in [0.15, 0.2) is 0 Å². The lowest BCUT2D eigenvalue weighted by atomic mass is 9.67. The zero-order valence-electron chi connectivity index (χ0n) is 10.5. The first-order chi connectivity index (χ1) is 7.02. The van der Waals surface area contributed by atoms with Gasteiger partial charge in [0.25, 0.3) is 0 Å². The van der Waals surface area contributed by atoms with Crippen LogP contribution in [0.3, 0.4) is 0 Å². The van der Waals surface area contributed by atoms with Gasteiger partial charge in [0, 0.05) is 20.1 Å². The third-order valence-corrected chi connectivity index (χ3v) is 3.27. The van der Waals surface area contributed by atoms with Crippen LogP contribution < -0.4 is 5.32 Å². The molecule has 1 rings (SSSR count). The molecule has 1 fully saturated rings. The van der Waals surface area contributed by atoms with E-state index in [1.54, 1.807) is 0 Å². The maximum Gasteiger partial charge on any atom is 0.229 e. The summed E-state index contributed by atoms with van der Waals surface area (Å²) in [4.78, 5) is 14.2. The highest BCUT2D eigenvalue weighted by Gasteiger charge is 2.44. The number of hydrogen-bond acceptors (Lipinski definition) is 2. The predicted octanol–water partition coefficient (Wildman–Crippen LogP) is 1.49. The Morgan fingerprint density at radius 3 is 2.40 bits per heavy atom. The van der Waals surface area contributed by atoms with Crippen LogP contribution in [0.1, 0.15) is 33.1 Å². The van der Waals surface area contributed by atoms with Gasteiger partial charge in [-0.2, -0.15) is 0 Å². The summed E-state index contributed by atoms with van der Waals surface area (Å²) in [6, 6.07) is 0. The molecule has 1 N–H and O–H groups in total. The second-order valence-electron chi connectivity index (χ2n) is 5.24. The van der Waals surface area contributed by atoms with Crippen molar-refractivity contribution in [3.8, 4) is 0 Å². The predicted molar refractivity (Wildman–Crippen MR) is 62.7 cm³/mol. The van der Waals surface area contributed by atoms with E-state index in [1.165, 1.54) is 6.42 Å². The molecule has 88 valence electrons. The third-order valence-electron chi connectivity index (χ3n) is 3.27. The molecule has 15 heavy (non-hydrogen) atoms. The quantitative estimate of drug-likeness (QED) is 0.749. The fraction of sp³-hybridized carbons (Fsp3) is 0.917. The Hall–Kier alpha value is -0.570. The van der Waals surface area contributed by atoms with Crippen LogP contribution in [0.4, 0.5) is 0 Å². The van der Waals surface area contributed by atoms with Crippen molar-refractivity contribution in [1.82, 2.24) is 10.2 Å². The Balaban J connectivity index is 2.56. The summed E-state index contributed by atoms with van der Waals surface area (Å²) in [6.45, 7) is 5.99. The van der Waals surface area contributed by atoms with Gasteiger partial charge in [-0.25, -0.2) is 0 Å². The molecular weight excluding hydrogens is 188 g/mol. The molecule has 0 aliphatic heterocycles. The second-order valence-corrected chi connectivity index (χ2v) is 5.24. The topological polar surface area (TPSA) is 32.3 Å². The van der Waals surface area contributed by atoms with Gasteiger partial charge in [-0.05, 0) is 25.8 Å². The average Bonchev–Trinajstić information content (AvgIpc) is 2.09. The summed E-state index contributed by atoms with van der Waals surface area (Å²) in [5.74, 6) is 0.877. The number of amides is 1. The summed E-state index contributed by atoms with van der Waals surface area (Å²) in [7, 11) is 3.86. The Morgan fingerprint density at radius 2 is 2.07 bits per heavy atom. The lowest BCUT2D eigenvalue weighted by Gasteiger charge is -2.43. The number of nitrogens with zero attached hydrogens (tertiary/aromatic N) is 1. The van der Waals surface area contributed by atoms with Crippen LogP contribution in [0, 0.1) is 11.3 Å². The van der Waals surface area contributed by atoms with Crippen molar-refractivity contribution in [3.05, 3.63) is 0 Å². The van der Waals surface area contributed by atoms with Gasteiger partial charge < -0.3 is 10.2 Å². The molecule has 1 aliphatic carbocycles. The monoisotopic (exact) mass is 212 g/mol. The van der Waals surface area contributed by atoms with E-state index in [-0.39, 0.29) is 5.41 Å². The minimum atomic E-state index is -0.0849. The van der Waals surface area contributed by atoms with Crippen molar-refractivity contribution in [2.75, 3.05) is 27.2 Å². The third kappa shape index (κ3) is 2.71. The summed E-state index contributed by atoms with van der Waals surface area (Å²) < 4.78 is 0. The maximum absolute atomic E-state index is 12.3. The Morgan fingerprint density at radius 1 is 1.47 bits per heavy atom. The van der Waals surface area contributed by atoms with E-state index in [9.17, 15) is 4.79 Å². The first kappa shape index (κ1) is 12.5. The Labute approximate surface area is 93.2 Å². The molecule has 1 aliphatic rings. The lowest BCUT2D eigenvalue weighted by Crippen LogP contribution is -2.52. The van der Waals surface area contributed by atoms with Crippen LogP contribution >= 0.6 is 0 Å². The molecule has 0 unspecified atom stereocenters. The van der Waals surface area contributed by atoms with Crippen LogP contribution in [0.25, 0.3) is 0 Å². The van der Waals surface area contributed by atoms with Gasteiger partial charge in [-0.3, -0.25) is 4.79 Å². The minimum Gasteiger partial charge on any atom is -0.345 e. The molecule has 0 aromatic heterocycles. The molecule has 1 saturated carbocycles. The zero-order chi connectivity index (χ0) is 11.5. The highest BCUT2D eigenvalue weighted by molar-refractivity contribution is 5.83. The standard InChI is InChI=1S/C12H24N2O/c1-10(2)8-14(4)11(15)12(9-13-3)6-5-7-12/h10,13H,5-9H2,1-4H3. The number of carbonyl (C=O) groups is 1. The number of hydrogen-bond donors (Lipinski definition) is 1. The largest absolute Gasteiger partial charge is 0.345 e. The van der Waals surface area contributed by atoms with Crippen molar-refractivity contribution in [2.45, 2.75) is 33.1 Å². The fourth-order valence-electron chi connectivity index (χ4n) is 2.44. The van der Waals surface area contributed by atoms with Gasteiger partial charge in [-0.1, -0.05) is 20.3 Å². The van der Waals surface area contributed by atoms with Crippen molar-refractivity contribution in [1.29, 1.82) is 0 Å². The SMILES string of the molecule is CNCC1(C(=O)N(C)CC(C)C)CCC1. The van der Waals surface area contributed by atoms with Gasteiger partial charge in [0.05, 0.1) is 5.41 Å². The molecule has 0 heterocycles. The molecule has 0 atom stereocenters. The molecule has 0 radical (unpaired) electrons.